The first-order valence-electron chi connectivity index (χ1n) is 10.4. The van der Waals surface area contributed by atoms with Crippen molar-refractivity contribution in [2.75, 3.05) is 6.54 Å². The average Bonchev–Trinajstić information content (AvgIpc) is 3.29. The van der Waals surface area contributed by atoms with E-state index in [1.165, 1.54) is 5.56 Å². The van der Waals surface area contributed by atoms with Gasteiger partial charge in [-0.05, 0) is 67.7 Å². The Labute approximate surface area is 176 Å². The van der Waals surface area contributed by atoms with E-state index in [2.05, 4.69) is 17.4 Å². The van der Waals surface area contributed by atoms with E-state index in [1.54, 1.807) is 0 Å². The maximum Gasteiger partial charge on any atom is 0.330 e. The first-order chi connectivity index (χ1) is 14.1. The maximum absolute atomic E-state index is 12.8. The molecule has 2 aromatic rings. The van der Waals surface area contributed by atoms with E-state index in [0.717, 1.165) is 36.4 Å². The molecule has 0 amide bonds. The van der Waals surface area contributed by atoms with E-state index in [0.29, 0.717) is 12.8 Å². The summed E-state index contributed by atoms with van der Waals surface area (Å²) in [6.07, 6.45) is 3.87. The molecular weight excluding hydrogens is 386 g/mol. The molecule has 29 heavy (non-hydrogen) atoms. The Morgan fingerprint density at radius 1 is 0.897 bits per heavy atom. The third-order valence-electron chi connectivity index (χ3n) is 6.26. The molecule has 1 heterocycles. The summed E-state index contributed by atoms with van der Waals surface area (Å²) in [4.78, 5) is 25.0. The molecule has 4 nitrogen and oxygen atoms in total. The van der Waals surface area contributed by atoms with Crippen LogP contribution in [0.15, 0.2) is 54.6 Å². The number of benzene rings is 2. The van der Waals surface area contributed by atoms with Gasteiger partial charge in [0.2, 0.25) is 0 Å². The van der Waals surface area contributed by atoms with Crippen molar-refractivity contribution >= 4 is 23.5 Å². The van der Waals surface area contributed by atoms with Crippen molar-refractivity contribution in [3.63, 3.8) is 0 Å². The van der Waals surface area contributed by atoms with Crippen LogP contribution in [0.1, 0.15) is 55.1 Å². The fraction of sp³-hybridized carbons (Fsp3) is 0.417. The summed E-state index contributed by atoms with van der Waals surface area (Å²) in [5, 5.41) is 3.81. The Kier molecular flexibility index (Phi) is 6.31. The van der Waals surface area contributed by atoms with E-state index in [9.17, 15) is 9.59 Å². The van der Waals surface area contributed by atoms with E-state index in [-0.39, 0.29) is 23.8 Å². The molecule has 4 rings (SSSR count). The zero-order chi connectivity index (χ0) is 20.2. The Morgan fingerprint density at radius 2 is 1.66 bits per heavy atom. The summed E-state index contributed by atoms with van der Waals surface area (Å²) in [7, 11) is 0. The molecule has 5 heteroatoms. The molecule has 0 bridgehead atoms. The van der Waals surface area contributed by atoms with Crippen LogP contribution < -0.4 is 5.32 Å². The first kappa shape index (κ1) is 20.1. The topological polar surface area (TPSA) is 55.4 Å². The SMILES string of the molecule is O=C(OC(=O)C1CCCN1)C1CCC(c2ccccc2)[C@H](c2ccccc2Cl)C1. The lowest BCUT2D eigenvalue weighted by molar-refractivity contribution is -0.164. The highest BCUT2D eigenvalue weighted by atomic mass is 35.5. The fourth-order valence-corrected chi connectivity index (χ4v) is 5.02. The van der Waals surface area contributed by atoms with Gasteiger partial charge in [0, 0.05) is 5.02 Å². The molecule has 1 N–H and O–H groups in total. The standard InChI is InChI=1S/C24H26ClNO3/c25-21-10-5-4-9-19(21)20-15-17(12-13-18(20)16-7-2-1-3-8-16)23(27)29-24(28)22-11-6-14-26-22/h1-5,7-10,17-18,20,22,26H,6,11-15H2/t17?,18?,20-,22?/m1/s1. The molecule has 152 valence electrons. The minimum Gasteiger partial charge on any atom is -0.392 e. The summed E-state index contributed by atoms with van der Waals surface area (Å²) >= 11 is 6.53. The second-order valence-electron chi connectivity index (χ2n) is 8.04. The second kappa shape index (κ2) is 9.10. The van der Waals surface area contributed by atoms with Crippen LogP contribution in [0.3, 0.4) is 0 Å². The third kappa shape index (κ3) is 4.54. The minimum absolute atomic E-state index is 0.108. The summed E-state index contributed by atoms with van der Waals surface area (Å²) in [5.74, 6) is -0.731. The van der Waals surface area contributed by atoms with Crippen molar-refractivity contribution in [1.29, 1.82) is 0 Å². The number of hydrogen-bond donors (Lipinski definition) is 1. The predicted molar refractivity (Wildman–Crippen MR) is 113 cm³/mol. The zero-order valence-corrected chi connectivity index (χ0v) is 17.1. The number of esters is 2. The van der Waals surface area contributed by atoms with Gasteiger partial charge < -0.3 is 10.1 Å². The lowest BCUT2D eigenvalue weighted by atomic mass is 9.68. The quantitative estimate of drug-likeness (QED) is 0.578. The number of carbonyl (C=O) groups excluding carboxylic acids is 2. The van der Waals surface area contributed by atoms with Gasteiger partial charge in [0.25, 0.3) is 0 Å². The molecule has 2 aromatic carbocycles. The summed E-state index contributed by atoms with van der Waals surface area (Å²) < 4.78 is 5.26. The Hall–Kier alpha value is -2.17. The van der Waals surface area contributed by atoms with Crippen LogP contribution in [-0.4, -0.2) is 24.5 Å². The van der Waals surface area contributed by atoms with Crippen LogP contribution >= 0.6 is 11.6 Å². The van der Waals surface area contributed by atoms with Crippen LogP contribution in [0.5, 0.6) is 0 Å². The van der Waals surface area contributed by atoms with Gasteiger partial charge in [-0.2, -0.15) is 0 Å². The Morgan fingerprint density at radius 3 is 2.38 bits per heavy atom. The second-order valence-corrected chi connectivity index (χ2v) is 8.45. The minimum atomic E-state index is -0.438. The number of carbonyl (C=O) groups is 2. The van der Waals surface area contributed by atoms with Gasteiger partial charge in [-0.1, -0.05) is 60.1 Å². The number of rotatable bonds is 4. The molecule has 4 atom stereocenters. The van der Waals surface area contributed by atoms with Gasteiger partial charge in [-0.25, -0.2) is 4.79 Å². The lowest BCUT2D eigenvalue weighted by Gasteiger charge is -2.36. The van der Waals surface area contributed by atoms with Crippen LogP contribution in [-0.2, 0) is 14.3 Å². The summed E-state index contributed by atoms with van der Waals surface area (Å²) in [5.41, 5.74) is 2.32. The van der Waals surface area contributed by atoms with E-state index < -0.39 is 11.9 Å². The van der Waals surface area contributed by atoms with Crippen molar-refractivity contribution in [3.05, 3.63) is 70.7 Å². The van der Waals surface area contributed by atoms with Crippen LogP contribution in [0.2, 0.25) is 5.02 Å². The molecule has 0 aromatic heterocycles. The smallest absolute Gasteiger partial charge is 0.330 e. The van der Waals surface area contributed by atoms with Crippen LogP contribution in [0, 0.1) is 5.92 Å². The molecule has 1 saturated carbocycles. The average molecular weight is 412 g/mol. The van der Waals surface area contributed by atoms with Crippen molar-refractivity contribution in [2.45, 2.75) is 50.0 Å². The molecule has 2 fully saturated rings. The fourth-order valence-electron chi connectivity index (χ4n) is 4.74. The number of ether oxygens (including phenoxy) is 1. The molecule has 0 spiro atoms. The molecule has 1 aliphatic carbocycles. The number of halogens is 1. The van der Waals surface area contributed by atoms with Crippen molar-refractivity contribution in [1.82, 2.24) is 5.32 Å². The highest BCUT2D eigenvalue weighted by Gasteiger charge is 2.38. The molecular formula is C24H26ClNO3. The van der Waals surface area contributed by atoms with E-state index in [1.807, 2.05) is 42.5 Å². The van der Waals surface area contributed by atoms with Gasteiger partial charge in [0.1, 0.15) is 6.04 Å². The highest BCUT2D eigenvalue weighted by Crippen LogP contribution is 2.48. The molecule has 0 radical (unpaired) electrons. The van der Waals surface area contributed by atoms with Gasteiger partial charge in [0.05, 0.1) is 5.92 Å². The normalized spacial score (nSPS) is 26.8. The maximum atomic E-state index is 12.8. The van der Waals surface area contributed by atoms with Crippen molar-refractivity contribution in [2.24, 2.45) is 5.92 Å². The Bertz CT molecular complexity index is 863. The predicted octanol–water partition coefficient (Wildman–Crippen LogP) is 4.83. The van der Waals surface area contributed by atoms with Gasteiger partial charge in [-0.3, -0.25) is 4.79 Å². The van der Waals surface area contributed by atoms with E-state index >= 15 is 0 Å². The number of hydrogen-bond acceptors (Lipinski definition) is 4. The first-order valence-corrected chi connectivity index (χ1v) is 10.8. The van der Waals surface area contributed by atoms with E-state index in [4.69, 9.17) is 16.3 Å². The van der Waals surface area contributed by atoms with Crippen molar-refractivity contribution < 1.29 is 14.3 Å². The monoisotopic (exact) mass is 411 g/mol. The molecule has 1 aliphatic heterocycles. The number of nitrogens with one attached hydrogen (secondary N) is 1. The summed E-state index contributed by atoms with van der Waals surface area (Å²) in [6, 6.07) is 17.9. The lowest BCUT2D eigenvalue weighted by Crippen LogP contribution is -2.36. The summed E-state index contributed by atoms with van der Waals surface area (Å²) in [6.45, 7) is 0.796. The van der Waals surface area contributed by atoms with Gasteiger partial charge in [-0.15, -0.1) is 0 Å². The highest BCUT2D eigenvalue weighted by molar-refractivity contribution is 6.31. The van der Waals surface area contributed by atoms with Crippen LogP contribution in [0.25, 0.3) is 0 Å². The molecule has 3 unspecified atom stereocenters. The zero-order valence-electron chi connectivity index (χ0n) is 16.4. The van der Waals surface area contributed by atoms with Gasteiger partial charge in [0.15, 0.2) is 0 Å². The third-order valence-corrected chi connectivity index (χ3v) is 6.61. The van der Waals surface area contributed by atoms with Crippen molar-refractivity contribution in [3.8, 4) is 0 Å². The van der Waals surface area contributed by atoms with Gasteiger partial charge >= 0.3 is 11.9 Å². The van der Waals surface area contributed by atoms with Crippen LogP contribution in [0.4, 0.5) is 0 Å². The molecule has 2 aliphatic rings. The largest absolute Gasteiger partial charge is 0.392 e. The Balaban J connectivity index is 1.53. The molecule has 1 saturated heterocycles.